The molecular weight excluding hydrogens is 412 g/mol. The Labute approximate surface area is 176 Å². The van der Waals surface area contributed by atoms with Crippen molar-refractivity contribution < 1.29 is 17.9 Å². The predicted octanol–water partition coefficient (Wildman–Crippen LogP) is 3.63. The van der Waals surface area contributed by atoms with Crippen molar-refractivity contribution in [3.05, 3.63) is 58.6 Å². The van der Waals surface area contributed by atoms with Crippen LogP contribution in [0.2, 0.25) is 5.02 Å². The summed E-state index contributed by atoms with van der Waals surface area (Å²) in [4.78, 5) is 12.8. The highest BCUT2D eigenvalue weighted by molar-refractivity contribution is 7.89. The second kappa shape index (κ2) is 9.15. The molecule has 1 saturated heterocycles. The van der Waals surface area contributed by atoms with Gasteiger partial charge in [0.1, 0.15) is 12.4 Å². The SMILES string of the molecule is Cc1ccccc1OCC(C)NC(=O)c1cc(S(=O)(=O)N2CCCC2)ccc1Cl. The number of benzene rings is 2. The van der Waals surface area contributed by atoms with Gasteiger partial charge in [0, 0.05) is 13.1 Å². The predicted molar refractivity (Wildman–Crippen MR) is 113 cm³/mol. The standard InChI is InChI=1S/C21H25ClN2O4S/c1-15-7-3-4-8-20(15)28-14-16(2)23-21(25)18-13-17(9-10-19(18)22)29(26,27)24-11-5-6-12-24/h3-4,7-10,13,16H,5-6,11-12,14H2,1-2H3,(H,23,25). The second-order valence-corrected chi connectivity index (χ2v) is 9.55. The molecule has 0 bridgehead atoms. The first-order chi connectivity index (χ1) is 13.8. The van der Waals surface area contributed by atoms with Crippen LogP contribution >= 0.6 is 11.6 Å². The van der Waals surface area contributed by atoms with Crippen LogP contribution < -0.4 is 10.1 Å². The Morgan fingerprint density at radius 2 is 1.90 bits per heavy atom. The highest BCUT2D eigenvalue weighted by Gasteiger charge is 2.28. The zero-order chi connectivity index (χ0) is 21.0. The molecule has 3 rings (SSSR count). The normalized spacial score (nSPS) is 15.8. The van der Waals surface area contributed by atoms with Gasteiger partial charge in [0.05, 0.1) is 21.5 Å². The van der Waals surface area contributed by atoms with Crippen LogP contribution in [0.15, 0.2) is 47.4 Å². The first-order valence-corrected chi connectivity index (χ1v) is 11.4. The van der Waals surface area contributed by atoms with E-state index in [4.69, 9.17) is 16.3 Å². The van der Waals surface area contributed by atoms with Crippen molar-refractivity contribution in [2.75, 3.05) is 19.7 Å². The highest BCUT2D eigenvalue weighted by atomic mass is 35.5. The molecule has 29 heavy (non-hydrogen) atoms. The Morgan fingerprint density at radius 3 is 2.59 bits per heavy atom. The fraction of sp³-hybridized carbons (Fsp3) is 0.381. The van der Waals surface area contributed by atoms with Gasteiger partial charge >= 0.3 is 0 Å². The van der Waals surface area contributed by atoms with E-state index in [1.807, 2.05) is 38.1 Å². The third-order valence-corrected chi connectivity index (χ3v) is 7.07. The minimum absolute atomic E-state index is 0.0813. The molecule has 1 fully saturated rings. The van der Waals surface area contributed by atoms with Crippen molar-refractivity contribution in [3.8, 4) is 5.75 Å². The quantitative estimate of drug-likeness (QED) is 0.719. The highest BCUT2D eigenvalue weighted by Crippen LogP contribution is 2.25. The maximum atomic E-state index is 12.8. The van der Waals surface area contributed by atoms with Gasteiger partial charge in [-0.1, -0.05) is 29.8 Å². The summed E-state index contributed by atoms with van der Waals surface area (Å²) in [6.07, 6.45) is 1.69. The third-order valence-electron chi connectivity index (χ3n) is 4.85. The van der Waals surface area contributed by atoms with Crippen LogP contribution in [0.1, 0.15) is 35.7 Å². The molecule has 0 radical (unpaired) electrons. The van der Waals surface area contributed by atoms with Crippen LogP contribution in [-0.4, -0.2) is 44.4 Å². The van der Waals surface area contributed by atoms with E-state index in [0.29, 0.717) is 13.1 Å². The fourth-order valence-corrected chi connectivity index (χ4v) is 4.94. The Balaban J connectivity index is 1.69. The van der Waals surface area contributed by atoms with Crippen molar-refractivity contribution in [2.24, 2.45) is 0 Å². The molecule has 1 amide bonds. The van der Waals surface area contributed by atoms with E-state index in [1.54, 1.807) is 0 Å². The largest absolute Gasteiger partial charge is 0.491 e. The molecule has 2 aromatic rings. The smallest absolute Gasteiger partial charge is 0.253 e. The lowest BCUT2D eigenvalue weighted by Gasteiger charge is -2.18. The third kappa shape index (κ3) is 5.10. The molecule has 2 aromatic carbocycles. The number of carbonyl (C=O) groups excluding carboxylic acids is 1. The number of amides is 1. The lowest BCUT2D eigenvalue weighted by atomic mass is 10.2. The maximum absolute atomic E-state index is 12.8. The molecule has 1 heterocycles. The summed E-state index contributed by atoms with van der Waals surface area (Å²) >= 11 is 6.18. The molecule has 1 aliphatic heterocycles. The number of halogens is 1. The summed E-state index contributed by atoms with van der Waals surface area (Å²) in [5.41, 5.74) is 1.14. The van der Waals surface area contributed by atoms with E-state index in [9.17, 15) is 13.2 Å². The van der Waals surface area contributed by atoms with Gasteiger partial charge in [0.15, 0.2) is 0 Å². The lowest BCUT2D eigenvalue weighted by Crippen LogP contribution is -2.37. The number of nitrogens with one attached hydrogen (secondary N) is 1. The van der Waals surface area contributed by atoms with Crippen molar-refractivity contribution in [1.82, 2.24) is 9.62 Å². The van der Waals surface area contributed by atoms with Gasteiger partial charge in [0.2, 0.25) is 10.0 Å². The zero-order valence-corrected chi connectivity index (χ0v) is 18.1. The Kier molecular flexibility index (Phi) is 6.82. The number of sulfonamides is 1. The minimum atomic E-state index is -3.62. The first-order valence-electron chi connectivity index (χ1n) is 9.58. The molecule has 0 spiro atoms. The Hall–Kier alpha value is -2.09. The van der Waals surface area contributed by atoms with Gasteiger partial charge in [-0.25, -0.2) is 8.42 Å². The Morgan fingerprint density at radius 1 is 1.21 bits per heavy atom. The Bertz CT molecular complexity index is 988. The number of nitrogens with zero attached hydrogens (tertiary/aromatic N) is 1. The van der Waals surface area contributed by atoms with E-state index in [2.05, 4.69) is 5.32 Å². The molecule has 0 aliphatic carbocycles. The maximum Gasteiger partial charge on any atom is 0.253 e. The molecule has 1 unspecified atom stereocenters. The number of aryl methyl sites for hydroxylation is 1. The van der Waals surface area contributed by atoms with E-state index in [-0.39, 0.29) is 28.1 Å². The van der Waals surface area contributed by atoms with E-state index in [1.165, 1.54) is 22.5 Å². The van der Waals surface area contributed by atoms with Crippen molar-refractivity contribution in [2.45, 2.75) is 37.6 Å². The molecule has 1 aliphatic rings. The first kappa shape index (κ1) is 21.6. The van der Waals surface area contributed by atoms with Crippen LogP contribution in [0.4, 0.5) is 0 Å². The van der Waals surface area contributed by atoms with E-state index >= 15 is 0 Å². The summed E-state index contributed by atoms with van der Waals surface area (Å²) in [7, 11) is -3.62. The number of para-hydroxylation sites is 1. The molecular formula is C21H25ClN2O4S. The number of carbonyl (C=O) groups is 1. The number of ether oxygens (including phenoxy) is 1. The van der Waals surface area contributed by atoms with Gasteiger partial charge in [-0.3, -0.25) is 4.79 Å². The van der Waals surface area contributed by atoms with Crippen LogP contribution in [-0.2, 0) is 10.0 Å². The van der Waals surface area contributed by atoms with Crippen LogP contribution in [0, 0.1) is 6.92 Å². The van der Waals surface area contributed by atoms with Gasteiger partial charge in [-0.15, -0.1) is 0 Å². The van der Waals surface area contributed by atoms with Gasteiger partial charge in [0.25, 0.3) is 5.91 Å². The van der Waals surface area contributed by atoms with Crippen molar-refractivity contribution >= 4 is 27.5 Å². The molecule has 1 N–H and O–H groups in total. The summed E-state index contributed by atoms with van der Waals surface area (Å²) in [5, 5.41) is 3.02. The van der Waals surface area contributed by atoms with Crippen molar-refractivity contribution in [3.63, 3.8) is 0 Å². The number of hydrogen-bond acceptors (Lipinski definition) is 4. The van der Waals surface area contributed by atoms with Gasteiger partial charge in [-0.2, -0.15) is 4.31 Å². The summed E-state index contributed by atoms with van der Waals surface area (Å²) in [5.74, 6) is 0.319. The van der Waals surface area contributed by atoms with Crippen LogP contribution in [0.5, 0.6) is 5.75 Å². The number of rotatable bonds is 7. The molecule has 0 aromatic heterocycles. The second-order valence-electron chi connectivity index (χ2n) is 7.20. The minimum Gasteiger partial charge on any atom is -0.491 e. The fourth-order valence-electron chi connectivity index (χ4n) is 3.19. The average molecular weight is 437 g/mol. The zero-order valence-electron chi connectivity index (χ0n) is 16.5. The average Bonchev–Trinajstić information content (AvgIpc) is 3.23. The topological polar surface area (TPSA) is 75.7 Å². The van der Waals surface area contributed by atoms with Gasteiger partial charge in [-0.05, 0) is 56.5 Å². The summed E-state index contributed by atoms with van der Waals surface area (Å²) < 4.78 is 32.7. The van der Waals surface area contributed by atoms with E-state index in [0.717, 1.165) is 24.2 Å². The summed E-state index contributed by atoms with van der Waals surface area (Å²) in [6.45, 7) is 5.04. The van der Waals surface area contributed by atoms with Crippen molar-refractivity contribution in [1.29, 1.82) is 0 Å². The van der Waals surface area contributed by atoms with Crippen LogP contribution in [0.3, 0.4) is 0 Å². The molecule has 156 valence electrons. The summed E-state index contributed by atoms with van der Waals surface area (Å²) in [6, 6.07) is 11.6. The van der Waals surface area contributed by atoms with Crippen LogP contribution in [0.25, 0.3) is 0 Å². The molecule has 0 saturated carbocycles. The molecule has 6 nitrogen and oxygen atoms in total. The molecule has 1 atom stereocenters. The van der Waals surface area contributed by atoms with Gasteiger partial charge < -0.3 is 10.1 Å². The molecule has 8 heteroatoms. The monoisotopic (exact) mass is 436 g/mol. The lowest BCUT2D eigenvalue weighted by molar-refractivity contribution is 0.0926. The van der Waals surface area contributed by atoms with E-state index < -0.39 is 15.9 Å². The number of hydrogen-bond donors (Lipinski definition) is 1.